The average molecular weight is 639 g/mol. The van der Waals surface area contributed by atoms with Crippen molar-refractivity contribution in [2.75, 3.05) is 0 Å². The van der Waals surface area contributed by atoms with Crippen LogP contribution < -0.4 is 0 Å². The first-order chi connectivity index (χ1) is 24.8. The Morgan fingerprint density at radius 2 is 0.940 bits per heavy atom. The lowest BCUT2D eigenvalue weighted by Crippen LogP contribution is -2.00. The zero-order valence-corrected chi connectivity index (χ0v) is 27.1. The lowest BCUT2D eigenvalue weighted by Gasteiger charge is -2.13. The van der Waals surface area contributed by atoms with Gasteiger partial charge in [0.25, 0.3) is 0 Å². The number of benzene rings is 6. The van der Waals surface area contributed by atoms with Crippen molar-refractivity contribution in [1.82, 2.24) is 19.1 Å². The van der Waals surface area contributed by atoms with Gasteiger partial charge in [-0.2, -0.15) is 0 Å². The fraction of sp³-hybridized carbons (Fsp3) is 0. The SMILES string of the molecule is c1ccc(-c2cc(-c3ccccc3)nc(-n3c4ccncc4c4cc(-c5ccc6c(c5)c5ccccc5n6-c5ccccc5)ccc43)c2)cc1. The van der Waals surface area contributed by atoms with E-state index in [1.807, 2.05) is 18.5 Å². The second-order valence-electron chi connectivity index (χ2n) is 12.7. The number of aromatic nitrogens is 4. The zero-order valence-electron chi connectivity index (χ0n) is 27.1. The Hall–Kier alpha value is -6.78. The van der Waals surface area contributed by atoms with E-state index in [1.54, 1.807) is 0 Å². The molecule has 10 rings (SSSR count). The Morgan fingerprint density at radius 3 is 1.68 bits per heavy atom. The summed E-state index contributed by atoms with van der Waals surface area (Å²) in [4.78, 5) is 9.86. The van der Waals surface area contributed by atoms with Crippen molar-refractivity contribution in [2.24, 2.45) is 0 Å². The zero-order chi connectivity index (χ0) is 33.0. The van der Waals surface area contributed by atoms with Gasteiger partial charge in [-0.15, -0.1) is 0 Å². The van der Waals surface area contributed by atoms with E-state index < -0.39 is 0 Å². The van der Waals surface area contributed by atoms with Crippen LogP contribution in [0.15, 0.2) is 182 Å². The third-order valence-corrected chi connectivity index (χ3v) is 9.80. The highest BCUT2D eigenvalue weighted by molar-refractivity contribution is 6.12. The molecule has 0 N–H and O–H groups in total. The molecule has 50 heavy (non-hydrogen) atoms. The van der Waals surface area contributed by atoms with Crippen molar-refractivity contribution >= 4 is 43.6 Å². The van der Waals surface area contributed by atoms with Crippen LogP contribution in [-0.4, -0.2) is 19.1 Å². The van der Waals surface area contributed by atoms with Crippen LogP contribution in [0.3, 0.4) is 0 Å². The molecule has 0 amide bonds. The molecule has 6 aromatic carbocycles. The van der Waals surface area contributed by atoms with Crippen LogP contribution in [0.2, 0.25) is 0 Å². The molecule has 0 aliphatic heterocycles. The fourth-order valence-corrected chi connectivity index (χ4v) is 7.48. The Labute approximate surface area is 289 Å². The Balaban J connectivity index is 1.17. The molecule has 4 aromatic heterocycles. The Morgan fingerprint density at radius 1 is 0.360 bits per heavy atom. The van der Waals surface area contributed by atoms with Crippen molar-refractivity contribution in [3.05, 3.63) is 182 Å². The minimum atomic E-state index is 0.874. The van der Waals surface area contributed by atoms with Crippen molar-refractivity contribution < 1.29 is 0 Å². The third kappa shape index (κ3) is 4.54. The molecule has 0 spiro atoms. The highest BCUT2D eigenvalue weighted by Gasteiger charge is 2.18. The van der Waals surface area contributed by atoms with Gasteiger partial charge in [-0.25, -0.2) is 4.98 Å². The summed E-state index contributed by atoms with van der Waals surface area (Å²) in [6, 6.07) is 60.4. The summed E-state index contributed by atoms with van der Waals surface area (Å²) in [7, 11) is 0. The molecule has 0 aliphatic carbocycles. The molecule has 0 fully saturated rings. The van der Waals surface area contributed by atoms with Crippen LogP contribution in [0.4, 0.5) is 0 Å². The molecule has 0 unspecified atom stereocenters. The molecule has 0 aliphatic rings. The number of hydrogen-bond donors (Lipinski definition) is 0. The highest BCUT2D eigenvalue weighted by atomic mass is 15.1. The molecule has 0 saturated carbocycles. The summed E-state index contributed by atoms with van der Waals surface area (Å²) in [5.74, 6) is 0.874. The van der Waals surface area contributed by atoms with E-state index in [-0.39, 0.29) is 0 Å². The summed E-state index contributed by atoms with van der Waals surface area (Å²) < 4.78 is 4.64. The van der Waals surface area contributed by atoms with Crippen LogP contribution >= 0.6 is 0 Å². The van der Waals surface area contributed by atoms with Crippen LogP contribution in [0.25, 0.3) is 88.6 Å². The molecule has 0 bridgehead atoms. The van der Waals surface area contributed by atoms with Gasteiger partial charge in [0.1, 0.15) is 5.82 Å². The third-order valence-electron chi connectivity index (χ3n) is 9.80. The quantitative estimate of drug-likeness (QED) is 0.188. The summed E-state index contributed by atoms with van der Waals surface area (Å²) in [6.07, 6.45) is 3.85. The molecule has 0 radical (unpaired) electrons. The van der Waals surface area contributed by atoms with Crippen LogP contribution in [0.1, 0.15) is 0 Å². The molecule has 0 saturated heterocycles. The number of nitrogens with zero attached hydrogens (tertiary/aromatic N) is 4. The lowest BCUT2D eigenvalue weighted by molar-refractivity contribution is 1.08. The number of fused-ring (bicyclic) bond motifs is 6. The minimum Gasteiger partial charge on any atom is -0.309 e. The molecular weight excluding hydrogens is 609 g/mol. The second-order valence-corrected chi connectivity index (χ2v) is 12.7. The standard InChI is InChI=1S/C46H30N4/c1-4-12-31(13-5-1)35-28-41(32-14-6-2-7-15-32)48-46(29-35)50-44-23-21-34(27-39(44)40-30-47-25-24-45(40)50)33-20-22-43-38(26-33)37-18-10-11-19-42(37)49(43)36-16-8-3-9-17-36/h1-30H. The summed E-state index contributed by atoms with van der Waals surface area (Å²) in [5.41, 5.74) is 12.4. The van der Waals surface area contributed by atoms with Gasteiger partial charge in [0, 0.05) is 45.2 Å². The number of hydrogen-bond acceptors (Lipinski definition) is 2. The van der Waals surface area contributed by atoms with Gasteiger partial charge in [-0.3, -0.25) is 9.55 Å². The molecular formula is C46H30N4. The maximum Gasteiger partial charge on any atom is 0.138 e. The van der Waals surface area contributed by atoms with Crippen LogP contribution in [-0.2, 0) is 0 Å². The van der Waals surface area contributed by atoms with E-state index in [2.05, 4.69) is 178 Å². The van der Waals surface area contributed by atoms with Gasteiger partial charge in [-0.1, -0.05) is 109 Å². The topological polar surface area (TPSA) is 35.6 Å². The van der Waals surface area contributed by atoms with Crippen molar-refractivity contribution in [2.45, 2.75) is 0 Å². The van der Waals surface area contributed by atoms with Crippen molar-refractivity contribution in [3.8, 4) is 45.0 Å². The predicted octanol–water partition coefficient (Wildman–Crippen LogP) is 11.7. The maximum absolute atomic E-state index is 5.28. The predicted molar refractivity (Wildman–Crippen MR) is 207 cm³/mol. The molecule has 234 valence electrons. The summed E-state index contributed by atoms with van der Waals surface area (Å²) >= 11 is 0. The molecule has 4 nitrogen and oxygen atoms in total. The molecule has 4 heterocycles. The van der Waals surface area contributed by atoms with E-state index in [0.717, 1.165) is 61.3 Å². The highest BCUT2D eigenvalue weighted by Crippen LogP contribution is 2.38. The van der Waals surface area contributed by atoms with Crippen molar-refractivity contribution in [3.63, 3.8) is 0 Å². The van der Waals surface area contributed by atoms with Gasteiger partial charge in [0.2, 0.25) is 0 Å². The number of pyridine rings is 2. The first-order valence-electron chi connectivity index (χ1n) is 16.9. The first kappa shape index (κ1) is 28.3. The minimum absolute atomic E-state index is 0.874. The van der Waals surface area contributed by atoms with E-state index in [4.69, 9.17) is 4.98 Å². The van der Waals surface area contributed by atoms with Gasteiger partial charge in [-0.05, 0) is 82.9 Å². The number of para-hydroxylation sites is 2. The van der Waals surface area contributed by atoms with E-state index in [0.29, 0.717) is 0 Å². The number of rotatable bonds is 5. The normalized spacial score (nSPS) is 11.6. The summed E-state index contributed by atoms with van der Waals surface area (Å²) in [6.45, 7) is 0. The fourth-order valence-electron chi connectivity index (χ4n) is 7.48. The van der Waals surface area contributed by atoms with Gasteiger partial charge in [0.15, 0.2) is 0 Å². The Bertz CT molecular complexity index is 2790. The van der Waals surface area contributed by atoms with Gasteiger partial charge < -0.3 is 4.57 Å². The second kappa shape index (κ2) is 11.4. The summed E-state index contributed by atoms with van der Waals surface area (Å²) in [5, 5.41) is 4.72. The molecule has 4 heteroatoms. The maximum atomic E-state index is 5.28. The van der Waals surface area contributed by atoms with Gasteiger partial charge >= 0.3 is 0 Å². The Kier molecular flexibility index (Phi) is 6.46. The van der Waals surface area contributed by atoms with E-state index >= 15 is 0 Å². The monoisotopic (exact) mass is 638 g/mol. The average Bonchev–Trinajstić information content (AvgIpc) is 3.71. The van der Waals surface area contributed by atoms with Crippen molar-refractivity contribution in [1.29, 1.82) is 0 Å². The molecule has 10 aromatic rings. The lowest BCUT2D eigenvalue weighted by atomic mass is 10.0. The van der Waals surface area contributed by atoms with E-state index in [1.165, 1.54) is 27.4 Å². The first-order valence-corrected chi connectivity index (χ1v) is 16.9. The van der Waals surface area contributed by atoms with E-state index in [9.17, 15) is 0 Å². The van der Waals surface area contributed by atoms with Crippen LogP contribution in [0.5, 0.6) is 0 Å². The smallest absolute Gasteiger partial charge is 0.138 e. The van der Waals surface area contributed by atoms with Crippen LogP contribution in [0, 0.1) is 0 Å². The largest absolute Gasteiger partial charge is 0.309 e. The van der Waals surface area contributed by atoms with Gasteiger partial charge in [0.05, 0.1) is 27.8 Å². The molecule has 0 atom stereocenters.